The summed E-state index contributed by atoms with van der Waals surface area (Å²) in [5, 5.41) is 4.55. The van der Waals surface area contributed by atoms with Crippen LogP contribution in [0.4, 0.5) is 4.39 Å². The Hall–Kier alpha value is -2.01. The molecule has 0 N–H and O–H groups in total. The van der Waals surface area contributed by atoms with E-state index in [0.29, 0.717) is 23.1 Å². The first-order valence-corrected chi connectivity index (χ1v) is 7.67. The van der Waals surface area contributed by atoms with Crippen molar-refractivity contribution in [1.29, 1.82) is 0 Å². The fourth-order valence-electron chi connectivity index (χ4n) is 3.35. The SMILES string of the molecule is Cc1c(F)ccc2c1C(=O)c1cn(C3CCCCO3)nc1C2. The lowest BCUT2D eigenvalue weighted by Crippen LogP contribution is -2.18. The zero-order chi connectivity index (χ0) is 15.3. The van der Waals surface area contributed by atoms with Gasteiger partial charge in [-0.05, 0) is 43.4 Å². The van der Waals surface area contributed by atoms with Gasteiger partial charge in [0, 0.05) is 24.8 Å². The lowest BCUT2D eigenvalue weighted by molar-refractivity contribution is -0.0396. The normalized spacial score (nSPS) is 20.6. The van der Waals surface area contributed by atoms with Crippen LogP contribution in [0.5, 0.6) is 0 Å². The zero-order valence-electron chi connectivity index (χ0n) is 12.4. The van der Waals surface area contributed by atoms with Crippen molar-refractivity contribution >= 4 is 5.78 Å². The van der Waals surface area contributed by atoms with Gasteiger partial charge in [-0.3, -0.25) is 4.79 Å². The van der Waals surface area contributed by atoms with Crippen molar-refractivity contribution in [2.75, 3.05) is 6.61 Å². The molecule has 5 heteroatoms. The van der Waals surface area contributed by atoms with Gasteiger partial charge in [0.1, 0.15) is 12.0 Å². The first-order chi connectivity index (χ1) is 10.6. The number of benzene rings is 1. The first-order valence-electron chi connectivity index (χ1n) is 7.67. The second-order valence-electron chi connectivity index (χ2n) is 6.00. The van der Waals surface area contributed by atoms with Gasteiger partial charge in [0.25, 0.3) is 0 Å². The van der Waals surface area contributed by atoms with E-state index in [1.165, 1.54) is 6.07 Å². The molecule has 0 bridgehead atoms. The molecule has 0 spiro atoms. The summed E-state index contributed by atoms with van der Waals surface area (Å²) >= 11 is 0. The van der Waals surface area contributed by atoms with Gasteiger partial charge in [0.15, 0.2) is 5.78 Å². The number of carbonyl (C=O) groups excluding carboxylic acids is 1. The highest BCUT2D eigenvalue weighted by molar-refractivity contribution is 6.12. The van der Waals surface area contributed by atoms with Gasteiger partial charge in [-0.25, -0.2) is 9.07 Å². The van der Waals surface area contributed by atoms with Gasteiger partial charge in [-0.15, -0.1) is 0 Å². The Morgan fingerprint density at radius 3 is 3.00 bits per heavy atom. The van der Waals surface area contributed by atoms with E-state index in [9.17, 15) is 9.18 Å². The van der Waals surface area contributed by atoms with Gasteiger partial charge >= 0.3 is 0 Å². The molecular weight excluding hydrogens is 283 g/mol. The molecule has 4 nitrogen and oxygen atoms in total. The molecule has 2 heterocycles. The fraction of sp³-hybridized carbons (Fsp3) is 0.412. The molecule has 22 heavy (non-hydrogen) atoms. The number of carbonyl (C=O) groups is 1. The summed E-state index contributed by atoms with van der Waals surface area (Å²) in [5.74, 6) is -0.464. The summed E-state index contributed by atoms with van der Waals surface area (Å²) < 4.78 is 21.2. The smallest absolute Gasteiger partial charge is 0.197 e. The summed E-state index contributed by atoms with van der Waals surface area (Å²) in [6.07, 6.45) is 5.33. The maximum Gasteiger partial charge on any atom is 0.197 e. The summed E-state index contributed by atoms with van der Waals surface area (Å²) in [4.78, 5) is 12.7. The predicted octanol–water partition coefficient (Wildman–Crippen LogP) is 3.16. The highest BCUT2D eigenvalue weighted by Gasteiger charge is 2.30. The molecule has 0 amide bonds. The summed E-state index contributed by atoms with van der Waals surface area (Å²) in [5.41, 5.74) is 3.12. The number of aromatic nitrogens is 2. The summed E-state index contributed by atoms with van der Waals surface area (Å²) in [7, 11) is 0. The van der Waals surface area contributed by atoms with Gasteiger partial charge in [-0.1, -0.05) is 6.07 Å². The van der Waals surface area contributed by atoms with Gasteiger partial charge < -0.3 is 4.74 Å². The highest BCUT2D eigenvalue weighted by Crippen LogP contribution is 2.31. The van der Waals surface area contributed by atoms with Crippen LogP contribution in [0.25, 0.3) is 0 Å². The maximum atomic E-state index is 13.8. The van der Waals surface area contributed by atoms with Crippen LogP contribution in [0.2, 0.25) is 0 Å². The lowest BCUT2D eigenvalue weighted by Gasteiger charge is -2.22. The monoisotopic (exact) mass is 300 g/mol. The Kier molecular flexibility index (Phi) is 3.11. The molecule has 1 saturated heterocycles. The molecule has 2 aromatic rings. The van der Waals surface area contributed by atoms with Crippen LogP contribution in [0.15, 0.2) is 18.3 Å². The quantitative estimate of drug-likeness (QED) is 0.693. The molecule has 1 unspecified atom stereocenters. The number of halogens is 1. The number of rotatable bonds is 1. The van der Waals surface area contributed by atoms with Crippen molar-refractivity contribution in [2.24, 2.45) is 0 Å². The molecule has 2 aliphatic rings. The fourth-order valence-corrected chi connectivity index (χ4v) is 3.35. The van der Waals surface area contributed by atoms with Gasteiger partial charge in [-0.2, -0.15) is 5.10 Å². The number of fused-ring (bicyclic) bond motifs is 2. The molecule has 1 aromatic carbocycles. The topological polar surface area (TPSA) is 44.1 Å². The van der Waals surface area contributed by atoms with E-state index in [1.807, 2.05) is 0 Å². The van der Waals surface area contributed by atoms with E-state index in [4.69, 9.17) is 4.74 Å². The van der Waals surface area contributed by atoms with Gasteiger partial charge in [0.2, 0.25) is 0 Å². The second-order valence-corrected chi connectivity index (χ2v) is 6.00. The maximum absolute atomic E-state index is 13.8. The minimum Gasteiger partial charge on any atom is -0.357 e. The lowest BCUT2D eigenvalue weighted by atomic mass is 9.86. The minimum absolute atomic E-state index is 0.0897. The van der Waals surface area contributed by atoms with Crippen LogP contribution in [-0.2, 0) is 11.2 Å². The van der Waals surface area contributed by atoms with E-state index in [2.05, 4.69) is 5.10 Å². The molecule has 1 atom stereocenters. The van der Waals surface area contributed by atoms with Crippen LogP contribution in [0, 0.1) is 12.7 Å². The van der Waals surface area contributed by atoms with E-state index in [-0.39, 0.29) is 17.8 Å². The molecule has 1 aromatic heterocycles. The average Bonchev–Trinajstić information content (AvgIpc) is 2.96. The first kappa shape index (κ1) is 13.6. The van der Waals surface area contributed by atoms with E-state index in [0.717, 1.165) is 37.1 Å². The van der Waals surface area contributed by atoms with Crippen molar-refractivity contribution in [3.8, 4) is 0 Å². The number of nitrogens with zero attached hydrogens (tertiary/aromatic N) is 2. The Bertz CT molecular complexity index is 760. The summed E-state index contributed by atoms with van der Waals surface area (Å²) in [6.45, 7) is 2.39. The summed E-state index contributed by atoms with van der Waals surface area (Å²) in [6, 6.07) is 3.11. The number of hydrogen-bond acceptors (Lipinski definition) is 3. The molecular formula is C17H17FN2O2. The van der Waals surface area contributed by atoms with Crippen molar-refractivity contribution in [2.45, 2.75) is 38.8 Å². The van der Waals surface area contributed by atoms with Crippen molar-refractivity contribution in [3.63, 3.8) is 0 Å². The second kappa shape index (κ2) is 5.02. The third kappa shape index (κ3) is 2.00. The van der Waals surface area contributed by atoms with Gasteiger partial charge in [0.05, 0.1) is 11.3 Å². The number of ketones is 1. The third-order valence-electron chi connectivity index (χ3n) is 4.57. The van der Waals surface area contributed by atoms with Crippen LogP contribution in [0.3, 0.4) is 0 Å². The molecule has 4 rings (SSSR count). The molecule has 1 aliphatic carbocycles. The van der Waals surface area contributed by atoms with Crippen molar-refractivity contribution in [3.05, 3.63) is 52.1 Å². The van der Waals surface area contributed by atoms with Crippen molar-refractivity contribution < 1.29 is 13.9 Å². The zero-order valence-corrected chi connectivity index (χ0v) is 12.4. The Balaban J connectivity index is 1.75. The Morgan fingerprint density at radius 2 is 2.23 bits per heavy atom. The van der Waals surface area contributed by atoms with Crippen LogP contribution >= 0.6 is 0 Å². The van der Waals surface area contributed by atoms with Crippen molar-refractivity contribution in [1.82, 2.24) is 9.78 Å². The van der Waals surface area contributed by atoms with Crippen LogP contribution in [-0.4, -0.2) is 22.2 Å². The van der Waals surface area contributed by atoms with Crippen LogP contribution in [0.1, 0.15) is 58.2 Å². The van der Waals surface area contributed by atoms with E-state index in [1.54, 1.807) is 23.9 Å². The Morgan fingerprint density at radius 1 is 1.36 bits per heavy atom. The number of hydrogen-bond donors (Lipinski definition) is 0. The van der Waals surface area contributed by atoms with Crippen LogP contribution < -0.4 is 0 Å². The largest absolute Gasteiger partial charge is 0.357 e. The molecule has 0 radical (unpaired) electrons. The third-order valence-corrected chi connectivity index (χ3v) is 4.57. The van der Waals surface area contributed by atoms with E-state index < -0.39 is 0 Å². The molecule has 1 fully saturated rings. The predicted molar refractivity (Wildman–Crippen MR) is 78.4 cm³/mol. The minimum atomic E-state index is -0.335. The molecule has 0 saturated carbocycles. The molecule has 1 aliphatic heterocycles. The Labute approximate surface area is 127 Å². The highest BCUT2D eigenvalue weighted by atomic mass is 19.1. The standard InChI is InChI=1S/C17H17FN2O2/c1-10-13(18)6-5-11-8-14-12(17(21)16(10)11)9-20(19-14)15-4-2-3-7-22-15/h5-6,9,15H,2-4,7-8H2,1H3. The molecule has 114 valence electrons. The van der Waals surface area contributed by atoms with E-state index >= 15 is 0 Å². The number of ether oxygens (including phenoxy) is 1. The average molecular weight is 300 g/mol.